The number of nitrogens with zero attached hydrogens (tertiary/aromatic N) is 2. The normalized spacial score (nSPS) is 28.2. The minimum absolute atomic E-state index is 0.0369. The van der Waals surface area contributed by atoms with Gasteiger partial charge in [0.1, 0.15) is 11.6 Å². The second-order valence-electron chi connectivity index (χ2n) is 6.16. The topological polar surface area (TPSA) is 60.2 Å². The highest BCUT2D eigenvalue weighted by molar-refractivity contribution is 5.25. The van der Waals surface area contributed by atoms with Crippen LogP contribution in [0.3, 0.4) is 0 Å². The summed E-state index contributed by atoms with van der Waals surface area (Å²) in [6, 6.07) is 5.82. The van der Waals surface area contributed by atoms with E-state index in [1.807, 2.05) is 7.05 Å². The Morgan fingerprint density at radius 2 is 2.05 bits per heavy atom. The van der Waals surface area contributed by atoms with Crippen LogP contribution in [0.25, 0.3) is 0 Å². The van der Waals surface area contributed by atoms with Crippen molar-refractivity contribution in [2.45, 2.75) is 37.6 Å². The SMILES string of the molecule is CNC1(C)CC(C)(c2nnc(Oc3cccc(F)c3)o2)C1. The number of halogens is 1. The van der Waals surface area contributed by atoms with Crippen LogP contribution in [-0.4, -0.2) is 22.8 Å². The van der Waals surface area contributed by atoms with Crippen molar-refractivity contribution >= 4 is 0 Å². The Kier molecular flexibility index (Phi) is 3.20. The molecule has 1 heterocycles. The van der Waals surface area contributed by atoms with Crippen LogP contribution >= 0.6 is 0 Å². The van der Waals surface area contributed by atoms with Gasteiger partial charge in [0.2, 0.25) is 5.89 Å². The average molecular weight is 291 g/mol. The molecule has 6 heteroatoms. The standard InChI is InChI=1S/C15H18FN3O2/c1-14(8-15(2,9-14)17-3)12-18-19-13(21-12)20-11-6-4-5-10(16)7-11/h4-7,17H,8-9H2,1-3H3. The molecule has 1 N–H and O–H groups in total. The number of ether oxygens (including phenoxy) is 1. The lowest BCUT2D eigenvalue weighted by Crippen LogP contribution is -2.58. The van der Waals surface area contributed by atoms with Crippen LogP contribution in [-0.2, 0) is 5.41 Å². The summed E-state index contributed by atoms with van der Waals surface area (Å²) >= 11 is 0. The third-order valence-electron chi connectivity index (χ3n) is 4.09. The molecule has 0 unspecified atom stereocenters. The van der Waals surface area contributed by atoms with Crippen molar-refractivity contribution in [2.75, 3.05) is 7.05 Å². The van der Waals surface area contributed by atoms with E-state index in [4.69, 9.17) is 9.15 Å². The third kappa shape index (κ3) is 2.63. The van der Waals surface area contributed by atoms with Gasteiger partial charge >= 0.3 is 6.08 Å². The van der Waals surface area contributed by atoms with Crippen LogP contribution in [0, 0.1) is 5.82 Å². The molecule has 1 fully saturated rings. The van der Waals surface area contributed by atoms with E-state index in [-0.39, 0.29) is 22.8 Å². The first kappa shape index (κ1) is 14.0. The number of hydrogen-bond donors (Lipinski definition) is 1. The third-order valence-corrected chi connectivity index (χ3v) is 4.09. The molecule has 0 bridgehead atoms. The Hall–Kier alpha value is -1.95. The van der Waals surface area contributed by atoms with Gasteiger partial charge < -0.3 is 14.5 Å². The zero-order chi connectivity index (χ0) is 15.1. The highest BCUT2D eigenvalue weighted by atomic mass is 19.1. The fourth-order valence-electron chi connectivity index (χ4n) is 3.12. The molecule has 0 atom stereocenters. The molecule has 1 saturated carbocycles. The summed E-state index contributed by atoms with van der Waals surface area (Å²) in [7, 11) is 1.95. The van der Waals surface area contributed by atoms with E-state index < -0.39 is 0 Å². The summed E-state index contributed by atoms with van der Waals surface area (Å²) < 4.78 is 24.1. The van der Waals surface area contributed by atoms with E-state index in [9.17, 15) is 4.39 Å². The quantitative estimate of drug-likeness (QED) is 0.938. The van der Waals surface area contributed by atoms with Gasteiger partial charge in [-0.05, 0) is 38.9 Å². The number of rotatable bonds is 4. The maximum absolute atomic E-state index is 13.1. The maximum Gasteiger partial charge on any atom is 0.420 e. The van der Waals surface area contributed by atoms with Gasteiger partial charge in [0, 0.05) is 17.0 Å². The van der Waals surface area contributed by atoms with Gasteiger partial charge in [0.15, 0.2) is 0 Å². The summed E-state index contributed by atoms with van der Waals surface area (Å²) in [6.45, 7) is 4.25. The average Bonchev–Trinajstić information content (AvgIpc) is 2.86. The lowest BCUT2D eigenvalue weighted by Gasteiger charge is -2.50. The smallest absolute Gasteiger partial charge is 0.410 e. The van der Waals surface area contributed by atoms with Crippen molar-refractivity contribution in [3.63, 3.8) is 0 Å². The first-order valence-electron chi connectivity index (χ1n) is 6.89. The van der Waals surface area contributed by atoms with E-state index in [0.29, 0.717) is 11.6 Å². The molecule has 1 aliphatic carbocycles. The van der Waals surface area contributed by atoms with Gasteiger partial charge in [-0.25, -0.2) is 4.39 Å². The van der Waals surface area contributed by atoms with E-state index >= 15 is 0 Å². The Labute approximate surface area is 122 Å². The molecule has 0 aliphatic heterocycles. The van der Waals surface area contributed by atoms with Crippen molar-refractivity contribution in [2.24, 2.45) is 0 Å². The molecule has 5 nitrogen and oxygen atoms in total. The second kappa shape index (κ2) is 4.80. The number of benzene rings is 1. The lowest BCUT2D eigenvalue weighted by atomic mass is 9.59. The molecular formula is C15H18FN3O2. The highest BCUT2D eigenvalue weighted by Crippen LogP contribution is 2.49. The van der Waals surface area contributed by atoms with Gasteiger partial charge in [-0.2, -0.15) is 0 Å². The van der Waals surface area contributed by atoms with Crippen molar-refractivity contribution in [3.8, 4) is 11.8 Å². The minimum atomic E-state index is -0.372. The molecule has 0 saturated heterocycles. The first-order chi connectivity index (χ1) is 9.92. The second-order valence-corrected chi connectivity index (χ2v) is 6.16. The van der Waals surface area contributed by atoms with Gasteiger partial charge in [-0.1, -0.05) is 18.1 Å². The summed E-state index contributed by atoms with van der Waals surface area (Å²) in [5.41, 5.74) is -0.0406. The summed E-state index contributed by atoms with van der Waals surface area (Å²) in [5, 5.41) is 11.2. The fourth-order valence-corrected chi connectivity index (χ4v) is 3.12. The summed E-state index contributed by atoms with van der Waals surface area (Å²) in [6.07, 6.45) is 1.87. The molecule has 0 amide bonds. The number of aromatic nitrogens is 2. The molecule has 0 radical (unpaired) electrons. The zero-order valence-electron chi connectivity index (χ0n) is 12.3. The fraction of sp³-hybridized carbons (Fsp3) is 0.467. The predicted octanol–water partition coefficient (Wildman–Crippen LogP) is 3.03. The van der Waals surface area contributed by atoms with Crippen LogP contribution in [0.15, 0.2) is 28.7 Å². The van der Waals surface area contributed by atoms with Crippen LogP contribution in [0.1, 0.15) is 32.6 Å². The van der Waals surface area contributed by atoms with E-state index in [2.05, 4.69) is 29.4 Å². The molecule has 1 aromatic heterocycles. The molecule has 0 spiro atoms. The van der Waals surface area contributed by atoms with Crippen molar-refractivity contribution in [1.29, 1.82) is 0 Å². The van der Waals surface area contributed by atoms with E-state index in [0.717, 1.165) is 12.8 Å². The van der Waals surface area contributed by atoms with Crippen molar-refractivity contribution in [1.82, 2.24) is 15.5 Å². The van der Waals surface area contributed by atoms with Crippen molar-refractivity contribution in [3.05, 3.63) is 36.0 Å². The predicted molar refractivity (Wildman–Crippen MR) is 74.8 cm³/mol. The van der Waals surface area contributed by atoms with Crippen LogP contribution in [0.4, 0.5) is 4.39 Å². The Morgan fingerprint density at radius 3 is 2.71 bits per heavy atom. The van der Waals surface area contributed by atoms with Gasteiger partial charge in [0.05, 0.1) is 0 Å². The maximum atomic E-state index is 13.1. The molecule has 1 aromatic carbocycles. The molecule has 3 rings (SSSR count). The van der Waals surface area contributed by atoms with E-state index in [1.54, 1.807) is 12.1 Å². The largest absolute Gasteiger partial charge is 0.420 e. The summed E-state index contributed by atoms with van der Waals surface area (Å²) in [4.78, 5) is 0. The van der Waals surface area contributed by atoms with Crippen LogP contribution in [0.2, 0.25) is 0 Å². The molecular weight excluding hydrogens is 273 g/mol. The Morgan fingerprint density at radius 1 is 1.29 bits per heavy atom. The molecule has 21 heavy (non-hydrogen) atoms. The minimum Gasteiger partial charge on any atom is -0.410 e. The van der Waals surface area contributed by atoms with Crippen molar-refractivity contribution < 1.29 is 13.5 Å². The molecule has 2 aromatic rings. The first-order valence-corrected chi connectivity index (χ1v) is 6.89. The Bertz CT molecular complexity index is 650. The van der Waals surface area contributed by atoms with Crippen LogP contribution in [0.5, 0.6) is 11.8 Å². The van der Waals surface area contributed by atoms with Gasteiger partial charge in [0.25, 0.3) is 0 Å². The van der Waals surface area contributed by atoms with Gasteiger partial charge in [-0.15, -0.1) is 5.10 Å². The number of hydrogen-bond acceptors (Lipinski definition) is 5. The molecule has 1 aliphatic rings. The van der Waals surface area contributed by atoms with Gasteiger partial charge in [-0.3, -0.25) is 0 Å². The van der Waals surface area contributed by atoms with E-state index in [1.165, 1.54) is 12.1 Å². The lowest BCUT2D eigenvalue weighted by molar-refractivity contribution is 0.0783. The van der Waals surface area contributed by atoms with Crippen LogP contribution < -0.4 is 10.1 Å². The monoisotopic (exact) mass is 291 g/mol. The zero-order valence-corrected chi connectivity index (χ0v) is 12.3. The summed E-state index contributed by atoms with van der Waals surface area (Å²) in [5.74, 6) is 0.522. The number of nitrogens with one attached hydrogen (secondary N) is 1. The highest BCUT2D eigenvalue weighted by Gasteiger charge is 2.52. The molecule has 112 valence electrons. The Balaban J connectivity index is 1.73.